The molecule has 0 bridgehead atoms. The van der Waals surface area contributed by atoms with Crippen molar-refractivity contribution in [3.8, 4) is 5.75 Å². The molecule has 0 aliphatic heterocycles. The lowest BCUT2D eigenvalue weighted by Crippen LogP contribution is -2.44. The molecule has 8 heteroatoms. The van der Waals surface area contributed by atoms with Gasteiger partial charge in [0.1, 0.15) is 11.9 Å². The minimum absolute atomic E-state index is 0.0128. The van der Waals surface area contributed by atoms with Gasteiger partial charge in [-0.25, -0.2) is 4.79 Å². The summed E-state index contributed by atoms with van der Waals surface area (Å²) in [6, 6.07) is 4.04. The van der Waals surface area contributed by atoms with E-state index in [-0.39, 0.29) is 30.6 Å². The molecule has 2 aliphatic carbocycles. The number of aliphatic hydroxyl groups excluding tert-OH is 3. The van der Waals surface area contributed by atoms with Crippen LogP contribution >= 0.6 is 0 Å². The number of fused-ring (bicyclic) bond motifs is 1. The number of aliphatic hydroxyl groups is 3. The Balaban J connectivity index is 1.74. The molecule has 0 saturated carbocycles. The Bertz CT molecular complexity index is 1050. The maximum absolute atomic E-state index is 13.4. The Morgan fingerprint density at radius 2 is 1.77 bits per heavy atom. The lowest BCUT2D eigenvalue weighted by Gasteiger charge is -2.43. The largest absolute Gasteiger partial charge is 0.481 e. The van der Waals surface area contributed by atoms with Gasteiger partial charge in [-0.2, -0.15) is 0 Å². The molecule has 216 valence electrons. The summed E-state index contributed by atoms with van der Waals surface area (Å²) in [6.45, 7) is 9.88. The number of rotatable bonds is 12. The molecular formula is C31H44O8. The van der Waals surface area contributed by atoms with Gasteiger partial charge in [0.15, 0.2) is 6.10 Å². The van der Waals surface area contributed by atoms with Crippen molar-refractivity contribution >= 4 is 11.9 Å². The monoisotopic (exact) mass is 544 g/mol. The van der Waals surface area contributed by atoms with Crippen LogP contribution in [-0.4, -0.2) is 62.9 Å². The SMILES string of the molecule is CC[C@H](Oc1c(C)cc(C)cc1C)C(=O)O[C@H]1C[C@H](O)C=C2C=C[C@@H](C)[C@H](CC[C@@H](O)C[C@@H](O)CC(=O)O)[C@H]21. The van der Waals surface area contributed by atoms with Crippen LogP contribution in [0.15, 0.2) is 35.9 Å². The number of carboxylic acid groups (broad SMARTS) is 1. The van der Waals surface area contributed by atoms with Crippen LogP contribution in [-0.2, 0) is 14.3 Å². The van der Waals surface area contributed by atoms with Crippen LogP contribution in [0.1, 0.15) is 69.1 Å². The first-order valence-electron chi connectivity index (χ1n) is 14.0. The van der Waals surface area contributed by atoms with Crippen LogP contribution in [0.5, 0.6) is 5.75 Å². The number of carbonyl (C=O) groups excluding carboxylic acids is 1. The zero-order valence-electron chi connectivity index (χ0n) is 23.7. The molecule has 39 heavy (non-hydrogen) atoms. The Hall–Kier alpha value is -2.68. The standard InChI is InChI=1S/C31H44O8/c1-6-26(38-30-19(4)11-17(2)12-20(30)5)31(37)39-27-15-23(33)13-21-8-7-18(3)25(29(21)27)10-9-22(32)14-24(34)16-28(35)36/h7-8,11-13,18,22-27,29,32-34H,6,9-10,14-16H2,1-5H3,(H,35,36)/t18-,22-,23-,24-,25+,26+,27+,29+/m1/s1. The summed E-state index contributed by atoms with van der Waals surface area (Å²) in [5.41, 5.74) is 3.94. The first-order chi connectivity index (χ1) is 18.4. The number of ether oxygens (including phenoxy) is 2. The van der Waals surface area contributed by atoms with E-state index in [1.165, 1.54) is 0 Å². The van der Waals surface area contributed by atoms with Crippen molar-refractivity contribution in [2.24, 2.45) is 17.8 Å². The normalized spacial score (nSPS) is 26.7. The number of hydrogen-bond acceptors (Lipinski definition) is 7. The summed E-state index contributed by atoms with van der Waals surface area (Å²) in [6.07, 6.45) is 3.06. The van der Waals surface area contributed by atoms with Gasteiger partial charge in [-0.15, -0.1) is 0 Å². The fourth-order valence-electron chi connectivity index (χ4n) is 6.11. The molecule has 8 nitrogen and oxygen atoms in total. The molecule has 4 N–H and O–H groups in total. The van der Waals surface area contributed by atoms with E-state index in [1.54, 1.807) is 0 Å². The third-order valence-corrected chi connectivity index (χ3v) is 7.93. The van der Waals surface area contributed by atoms with Crippen molar-refractivity contribution in [1.29, 1.82) is 0 Å². The number of aliphatic carboxylic acids is 1. The van der Waals surface area contributed by atoms with Gasteiger partial charge in [0.05, 0.1) is 24.7 Å². The highest BCUT2D eigenvalue weighted by Gasteiger charge is 2.42. The molecule has 0 amide bonds. The second-order valence-corrected chi connectivity index (χ2v) is 11.3. The molecule has 0 spiro atoms. The first kappa shape index (κ1) is 30.9. The van der Waals surface area contributed by atoms with Crippen molar-refractivity contribution in [1.82, 2.24) is 0 Å². The molecule has 0 fully saturated rings. The number of carboxylic acids is 1. The molecule has 0 heterocycles. The highest BCUT2D eigenvalue weighted by molar-refractivity contribution is 5.75. The summed E-state index contributed by atoms with van der Waals surface area (Å²) < 4.78 is 12.3. The molecule has 3 rings (SSSR count). The highest BCUT2D eigenvalue weighted by atomic mass is 16.6. The fourth-order valence-corrected chi connectivity index (χ4v) is 6.11. The lowest BCUT2D eigenvalue weighted by atomic mass is 9.66. The van der Waals surface area contributed by atoms with Crippen LogP contribution in [0.3, 0.4) is 0 Å². The van der Waals surface area contributed by atoms with Gasteiger partial charge in [0.25, 0.3) is 0 Å². The number of esters is 1. The Kier molecular flexibility index (Phi) is 10.8. The Labute approximate surface area is 231 Å². The topological polar surface area (TPSA) is 134 Å². The Morgan fingerprint density at radius 3 is 2.38 bits per heavy atom. The van der Waals surface area contributed by atoms with E-state index < -0.39 is 48.9 Å². The molecule has 8 atom stereocenters. The fraction of sp³-hybridized carbons (Fsp3) is 0.613. The maximum Gasteiger partial charge on any atom is 0.347 e. The maximum atomic E-state index is 13.4. The van der Waals surface area contributed by atoms with E-state index in [1.807, 2.05) is 52.0 Å². The van der Waals surface area contributed by atoms with E-state index >= 15 is 0 Å². The van der Waals surface area contributed by atoms with E-state index in [9.17, 15) is 24.9 Å². The van der Waals surface area contributed by atoms with Crippen LogP contribution < -0.4 is 4.74 Å². The minimum Gasteiger partial charge on any atom is -0.481 e. The first-order valence-corrected chi connectivity index (χ1v) is 14.0. The van der Waals surface area contributed by atoms with E-state index in [4.69, 9.17) is 14.6 Å². The smallest absolute Gasteiger partial charge is 0.347 e. The predicted molar refractivity (Wildman–Crippen MR) is 147 cm³/mol. The lowest BCUT2D eigenvalue weighted by molar-refractivity contribution is -0.163. The van der Waals surface area contributed by atoms with Gasteiger partial charge < -0.3 is 29.9 Å². The van der Waals surface area contributed by atoms with Crippen molar-refractivity contribution in [3.05, 3.63) is 52.6 Å². The van der Waals surface area contributed by atoms with Gasteiger partial charge in [-0.1, -0.05) is 49.8 Å². The van der Waals surface area contributed by atoms with Gasteiger partial charge in [-0.3, -0.25) is 4.79 Å². The molecule has 1 aromatic rings. The number of benzene rings is 1. The Morgan fingerprint density at radius 1 is 1.10 bits per heavy atom. The van der Waals surface area contributed by atoms with Gasteiger partial charge in [0, 0.05) is 12.3 Å². The predicted octanol–water partition coefficient (Wildman–Crippen LogP) is 4.18. The second kappa shape index (κ2) is 13.6. The van der Waals surface area contributed by atoms with Crippen molar-refractivity contribution in [2.45, 2.75) is 104 Å². The number of hydrogen-bond donors (Lipinski definition) is 4. The van der Waals surface area contributed by atoms with Gasteiger partial charge in [0.2, 0.25) is 0 Å². The summed E-state index contributed by atoms with van der Waals surface area (Å²) in [4.78, 5) is 24.2. The number of aryl methyl sites for hydroxylation is 3. The van der Waals surface area contributed by atoms with Crippen molar-refractivity contribution in [3.63, 3.8) is 0 Å². The zero-order chi connectivity index (χ0) is 28.9. The summed E-state index contributed by atoms with van der Waals surface area (Å²) >= 11 is 0. The van der Waals surface area contributed by atoms with Gasteiger partial charge >= 0.3 is 11.9 Å². The molecule has 0 saturated heterocycles. The van der Waals surface area contributed by atoms with E-state index in [2.05, 4.69) is 13.0 Å². The molecule has 0 aromatic heterocycles. The average molecular weight is 545 g/mol. The third-order valence-electron chi connectivity index (χ3n) is 7.93. The quantitative estimate of drug-likeness (QED) is 0.288. The highest BCUT2D eigenvalue weighted by Crippen LogP contribution is 2.44. The van der Waals surface area contributed by atoms with E-state index in [0.717, 1.165) is 22.3 Å². The molecule has 0 unspecified atom stereocenters. The van der Waals surface area contributed by atoms with Crippen LogP contribution in [0.25, 0.3) is 0 Å². The summed E-state index contributed by atoms with van der Waals surface area (Å²) in [5.74, 6) is -0.888. The minimum atomic E-state index is -1.11. The second-order valence-electron chi connectivity index (χ2n) is 11.3. The summed E-state index contributed by atoms with van der Waals surface area (Å²) in [7, 11) is 0. The molecule has 1 aromatic carbocycles. The van der Waals surface area contributed by atoms with E-state index in [0.29, 0.717) is 25.0 Å². The van der Waals surface area contributed by atoms with Crippen LogP contribution in [0.4, 0.5) is 0 Å². The third kappa shape index (κ3) is 8.16. The molecule has 2 aliphatic rings. The number of allylic oxidation sites excluding steroid dienone is 2. The van der Waals surface area contributed by atoms with Crippen LogP contribution in [0, 0.1) is 38.5 Å². The van der Waals surface area contributed by atoms with Gasteiger partial charge in [-0.05, 0) is 75.0 Å². The van der Waals surface area contributed by atoms with Crippen molar-refractivity contribution in [2.75, 3.05) is 0 Å². The molecular weight excluding hydrogens is 500 g/mol. The van der Waals surface area contributed by atoms with Crippen molar-refractivity contribution < 1.29 is 39.5 Å². The molecule has 0 radical (unpaired) electrons. The number of carbonyl (C=O) groups is 2. The average Bonchev–Trinajstić information content (AvgIpc) is 2.82. The summed E-state index contributed by atoms with van der Waals surface area (Å²) in [5, 5.41) is 39.8. The van der Waals surface area contributed by atoms with Crippen LogP contribution in [0.2, 0.25) is 0 Å². The zero-order valence-corrected chi connectivity index (χ0v) is 23.7.